The molecule has 90 valence electrons. The zero-order valence-corrected chi connectivity index (χ0v) is 11.4. The van der Waals surface area contributed by atoms with E-state index < -0.39 is 0 Å². The molecule has 1 aromatic carbocycles. The summed E-state index contributed by atoms with van der Waals surface area (Å²) in [6.07, 6.45) is 1.15. The van der Waals surface area contributed by atoms with Crippen LogP contribution in [0.2, 0.25) is 5.02 Å². The average molecular weight is 240 g/mol. The molecular weight excluding hydrogens is 218 g/mol. The predicted octanol–water partition coefficient (Wildman–Crippen LogP) is 4.35. The Hall–Kier alpha value is -0.530. The number of rotatable bonds is 5. The summed E-state index contributed by atoms with van der Waals surface area (Å²) in [6, 6.07) is 6.57. The Morgan fingerprint density at radius 1 is 1.31 bits per heavy atom. The van der Waals surface area contributed by atoms with Gasteiger partial charge in [-0.2, -0.15) is 0 Å². The van der Waals surface area contributed by atoms with Crippen molar-refractivity contribution in [2.45, 2.75) is 40.2 Å². The molecule has 1 atom stereocenters. The van der Waals surface area contributed by atoms with E-state index in [1.165, 1.54) is 11.1 Å². The van der Waals surface area contributed by atoms with E-state index in [4.69, 9.17) is 11.6 Å². The van der Waals surface area contributed by atoms with Crippen LogP contribution < -0.4 is 5.32 Å². The fourth-order valence-corrected chi connectivity index (χ4v) is 2.21. The summed E-state index contributed by atoms with van der Waals surface area (Å²) in [5.74, 6) is 0.683. The largest absolute Gasteiger partial charge is 0.310 e. The fourth-order valence-electron chi connectivity index (χ4n) is 2.02. The standard InChI is InChI=1S/C14H22ClN/c1-5-16-14(8-10(2)3)13-9-12(15)7-6-11(13)4/h6-7,9-10,14,16H,5,8H2,1-4H3. The fraction of sp³-hybridized carbons (Fsp3) is 0.571. The first-order chi connectivity index (χ1) is 7.54. The number of halogens is 1. The number of benzene rings is 1. The maximum absolute atomic E-state index is 6.07. The highest BCUT2D eigenvalue weighted by Gasteiger charge is 2.14. The monoisotopic (exact) mass is 239 g/mol. The maximum atomic E-state index is 6.07. The Kier molecular flexibility index (Phi) is 5.30. The van der Waals surface area contributed by atoms with Crippen LogP contribution in [-0.4, -0.2) is 6.54 Å². The van der Waals surface area contributed by atoms with Gasteiger partial charge in [0.2, 0.25) is 0 Å². The van der Waals surface area contributed by atoms with Gasteiger partial charge in [-0.3, -0.25) is 0 Å². The summed E-state index contributed by atoms with van der Waals surface area (Å²) < 4.78 is 0. The Balaban J connectivity index is 2.94. The number of hydrogen-bond acceptors (Lipinski definition) is 1. The lowest BCUT2D eigenvalue weighted by Crippen LogP contribution is -2.23. The number of nitrogens with one attached hydrogen (secondary N) is 1. The van der Waals surface area contributed by atoms with Crippen molar-refractivity contribution in [3.05, 3.63) is 34.3 Å². The molecule has 1 N–H and O–H groups in total. The second kappa shape index (κ2) is 6.27. The van der Waals surface area contributed by atoms with E-state index in [1.807, 2.05) is 6.07 Å². The van der Waals surface area contributed by atoms with Crippen molar-refractivity contribution in [1.82, 2.24) is 5.32 Å². The second-order valence-corrected chi connectivity index (χ2v) is 5.18. The Morgan fingerprint density at radius 2 is 2.00 bits per heavy atom. The molecule has 1 unspecified atom stereocenters. The first-order valence-corrected chi connectivity index (χ1v) is 6.41. The van der Waals surface area contributed by atoms with Crippen LogP contribution in [0.1, 0.15) is 44.4 Å². The van der Waals surface area contributed by atoms with Gasteiger partial charge in [0.25, 0.3) is 0 Å². The van der Waals surface area contributed by atoms with Gasteiger partial charge in [0.05, 0.1) is 0 Å². The third-order valence-corrected chi connectivity index (χ3v) is 3.01. The van der Waals surface area contributed by atoms with Gasteiger partial charge in [-0.05, 0) is 49.1 Å². The smallest absolute Gasteiger partial charge is 0.0409 e. The Labute approximate surface area is 104 Å². The number of aryl methyl sites for hydroxylation is 1. The molecule has 0 bridgehead atoms. The summed E-state index contributed by atoms with van der Waals surface area (Å²) in [6.45, 7) is 9.79. The minimum Gasteiger partial charge on any atom is -0.310 e. The van der Waals surface area contributed by atoms with Gasteiger partial charge in [0.15, 0.2) is 0 Å². The highest BCUT2D eigenvalue weighted by atomic mass is 35.5. The van der Waals surface area contributed by atoms with Crippen LogP contribution >= 0.6 is 11.6 Å². The quantitative estimate of drug-likeness (QED) is 0.806. The molecule has 0 saturated heterocycles. The summed E-state index contributed by atoms with van der Waals surface area (Å²) in [7, 11) is 0. The molecular formula is C14H22ClN. The van der Waals surface area contributed by atoms with E-state index in [1.54, 1.807) is 0 Å². The molecule has 1 nitrogen and oxygen atoms in total. The summed E-state index contributed by atoms with van der Waals surface area (Å²) in [4.78, 5) is 0. The zero-order chi connectivity index (χ0) is 12.1. The van der Waals surface area contributed by atoms with Gasteiger partial charge in [0, 0.05) is 11.1 Å². The molecule has 0 radical (unpaired) electrons. The van der Waals surface area contributed by atoms with Crippen LogP contribution in [0.4, 0.5) is 0 Å². The predicted molar refractivity (Wildman–Crippen MR) is 72.1 cm³/mol. The summed E-state index contributed by atoms with van der Waals surface area (Å²) in [5.41, 5.74) is 2.65. The molecule has 0 amide bonds. The minimum atomic E-state index is 0.420. The highest BCUT2D eigenvalue weighted by Crippen LogP contribution is 2.26. The first-order valence-electron chi connectivity index (χ1n) is 6.04. The molecule has 0 aliphatic rings. The van der Waals surface area contributed by atoms with Gasteiger partial charge >= 0.3 is 0 Å². The van der Waals surface area contributed by atoms with Crippen LogP contribution in [0, 0.1) is 12.8 Å². The van der Waals surface area contributed by atoms with Crippen molar-refractivity contribution < 1.29 is 0 Å². The van der Waals surface area contributed by atoms with E-state index in [9.17, 15) is 0 Å². The lowest BCUT2D eigenvalue weighted by atomic mass is 9.94. The van der Waals surface area contributed by atoms with Gasteiger partial charge < -0.3 is 5.32 Å². The summed E-state index contributed by atoms with van der Waals surface area (Å²) >= 11 is 6.07. The molecule has 0 aliphatic carbocycles. The van der Waals surface area contributed by atoms with Crippen molar-refractivity contribution >= 4 is 11.6 Å². The lowest BCUT2D eigenvalue weighted by Gasteiger charge is -2.22. The van der Waals surface area contributed by atoms with Crippen LogP contribution in [-0.2, 0) is 0 Å². The van der Waals surface area contributed by atoms with E-state index in [-0.39, 0.29) is 0 Å². The third kappa shape index (κ3) is 3.80. The van der Waals surface area contributed by atoms with Crippen LogP contribution in [0.25, 0.3) is 0 Å². The van der Waals surface area contributed by atoms with Crippen molar-refractivity contribution in [3.8, 4) is 0 Å². The second-order valence-electron chi connectivity index (χ2n) is 4.74. The topological polar surface area (TPSA) is 12.0 Å². The maximum Gasteiger partial charge on any atom is 0.0409 e. The average Bonchev–Trinajstić information content (AvgIpc) is 2.20. The molecule has 2 heteroatoms. The van der Waals surface area contributed by atoms with Crippen LogP contribution in [0.5, 0.6) is 0 Å². The Bertz CT molecular complexity index is 334. The van der Waals surface area contributed by atoms with E-state index in [2.05, 4.69) is 45.1 Å². The van der Waals surface area contributed by atoms with E-state index in [0.29, 0.717) is 12.0 Å². The first kappa shape index (κ1) is 13.5. The Morgan fingerprint density at radius 3 is 2.56 bits per heavy atom. The third-order valence-electron chi connectivity index (χ3n) is 2.77. The molecule has 0 saturated carbocycles. The van der Waals surface area contributed by atoms with E-state index >= 15 is 0 Å². The lowest BCUT2D eigenvalue weighted by molar-refractivity contribution is 0.437. The van der Waals surface area contributed by atoms with Gasteiger partial charge in [-0.25, -0.2) is 0 Å². The molecule has 0 aliphatic heterocycles. The SMILES string of the molecule is CCNC(CC(C)C)c1cc(Cl)ccc1C. The zero-order valence-electron chi connectivity index (χ0n) is 10.7. The molecule has 0 aromatic heterocycles. The molecule has 1 rings (SSSR count). The summed E-state index contributed by atoms with van der Waals surface area (Å²) in [5, 5.41) is 4.37. The molecule has 0 heterocycles. The highest BCUT2D eigenvalue weighted by molar-refractivity contribution is 6.30. The van der Waals surface area contributed by atoms with Crippen molar-refractivity contribution in [2.75, 3.05) is 6.54 Å². The van der Waals surface area contributed by atoms with Crippen molar-refractivity contribution in [3.63, 3.8) is 0 Å². The minimum absolute atomic E-state index is 0.420. The molecule has 1 aromatic rings. The van der Waals surface area contributed by atoms with Crippen molar-refractivity contribution in [2.24, 2.45) is 5.92 Å². The van der Waals surface area contributed by atoms with Gasteiger partial charge in [-0.15, -0.1) is 0 Å². The molecule has 0 fully saturated rings. The normalized spacial score (nSPS) is 13.1. The van der Waals surface area contributed by atoms with E-state index in [0.717, 1.165) is 18.0 Å². The number of hydrogen-bond donors (Lipinski definition) is 1. The van der Waals surface area contributed by atoms with Gasteiger partial charge in [0.1, 0.15) is 0 Å². The van der Waals surface area contributed by atoms with Crippen LogP contribution in [0.15, 0.2) is 18.2 Å². The van der Waals surface area contributed by atoms with Crippen LogP contribution in [0.3, 0.4) is 0 Å². The molecule has 0 spiro atoms. The molecule has 16 heavy (non-hydrogen) atoms. The van der Waals surface area contributed by atoms with Crippen molar-refractivity contribution in [1.29, 1.82) is 0 Å². The van der Waals surface area contributed by atoms with Gasteiger partial charge in [-0.1, -0.05) is 38.4 Å².